The molecule has 1 heterocycles. The quantitative estimate of drug-likeness (QED) is 0.179. The highest BCUT2D eigenvalue weighted by Crippen LogP contribution is 2.38. The van der Waals surface area contributed by atoms with Crippen molar-refractivity contribution in [1.82, 2.24) is 4.90 Å². The highest BCUT2D eigenvalue weighted by Gasteiger charge is 2.35. The molecule has 202 valence electrons. The van der Waals surface area contributed by atoms with Crippen molar-refractivity contribution < 1.29 is 23.9 Å². The van der Waals surface area contributed by atoms with Crippen LogP contribution in [0.15, 0.2) is 64.0 Å². The van der Waals surface area contributed by atoms with Crippen LogP contribution in [-0.4, -0.2) is 35.2 Å². The second-order valence-corrected chi connectivity index (χ2v) is 11.9. The molecule has 0 bridgehead atoms. The van der Waals surface area contributed by atoms with Gasteiger partial charge in [0.25, 0.3) is 17.1 Å². The highest BCUT2D eigenvalue weighted by atomic mass is 127. The van der Waals surface area contributed by atoms with Crippen LogP contribution in [0.2, 0.25) is 5.02 Å². The van der Waals surface area contributed by atoms with Gasteiger partial charge in [-0.05, 0) is 107 Å². The Kier molecular flexibility index (Phi) is 9.97. The molecule has 7 nitrogen and oxygen atoms in total. The number of rotatable bonds is 9. The summed E-state index contributed by atoms with van der Waals surface area (Å²) in [5.74, 6) is 0.136. The number of imide groups is 1. The molecule has 0 aliphatic carbocycles. The van der Waals surface area contributed by atoms with Crippen molar-refractivity contribution in [3.8, 4) is 11.5 Å². The third kappa shape index (κ3) is 7.56. The number of amides is 3. The van der Waals surface area contributed by atoms with Gasteiger partial charge in [0.15, 0.2) is 18.1 Å². The summed E-state index contributed by atoms with van der Waals surface area (Å²) in [6.07, 6.45) is 1.66. The Balaban J connectivity index is 1.48. The first kappa shape index (κ1) is 29.4. The highest BCUT2D eigenvalue weighted by molar-refractivity contribution is 14.1. The minimum Gasteiger partial charge on any atom is -0.490 e. The first-order valence-electron chi connectivity index (χ1n) is 11.8. The third-order valence-corrected chi connectivity index (χ3v) is 8.20. The normalized spacial score (nSPS) is 14.2. The molecule has 0 saturated carbocycles. The standard InChI is InChI=1S/C28H23BrClIN2O5S/c1-3-37-23-11-18(12-24-27(35)33(28(36)39-24)14-17-5-7-19(29)8-6-17)10-22(31)26(23)38-15-25(34)32-20-9-4-16(2)21(30)13-20/h4-13H,3,14-15H2,1-2H3,(H,32,34)/b24-12-. The third-order valence-electron chi connectivity index (χ3n) is 5.56. The number of thioether (sulfide) groups is 1. The summed E-state index contributed by atoms with van der Waals surface area (Å²) < 4.78 is 13.2. The molecule has 0 radical (unpaired) electrons. The van der Waals surface area contributed by atoms with Crippen LogP contribution in [0.5, 0.6) is 11.5 Å². The van der Waals surface area contributed by atoms with E-state index >= 15 is 0 Å². The number of aryl methyl sites for hydroxylation is 1. The molecule has 11 heteroatoms. The summed E-state index contributed by atoms with van der Waals surface area (Å²) in [6.45, 7) is 4.04. The van der Waals surface area contributed by atoms with E-state index in [1.807, 2.05) is 44.2 Å². The number of carbonyl (C=O) groups excluding carboxylic acids is 3. The number of ether oxygens (including phenoxy) is 2. The fourth-order valence-electron chi connectivity index (χ4n) is 3.64. The number of carbonyl (C=O) groups is 3. The molecule has 4 rings (SSSR count). The average Bonchev–Trinajstić information content (AvgIpc) is 3.14. The molecule has 1 fully saturated rings. The van der Waals surface area contributed by atoms with E-state index in [4.69, 9.17) is 21.1 Å². The first-order chi connectivity index (χ1) is 18.6. The van der Waals surface area contributed by atoms with Gasteiger partial charge in [-0.1, -0.05) is 45.7 Å². The van der Waals surface area contributed by atoms with E-state index < -0.39 is 0 Å². The number of halogens is 3. The predicted octanol–water partition coefficient (Wildman–Crippen LogP) is 7.67. The number of nitrogens with one attached hydrogen (secondary N) is 1. The van der Waals surface area contributed by atoms with Crippen LogP contribution in [0, 0.1) is 10.5 Å². The van der Waals surface area contributed by atoms with Gasteiger partial charge in [-0.3, -0.25) is 19.3 Å². The van der Waals surface area contributed by atoms with Gasteiger partial charge in [-0.2, -0.15) is 0 Å². The second kappa shape index (κ2) is 13.2. The number of benzene rings is 3. The van der Waals surface area contributed by atoms with Gasteiger partial charge >= 0.3 is 0 Å². The van der Waals surface area contributed by atoms with Gasteiger partial charge in [0.1, 0.15) is 0 Å². The molecule has 3 amide bonds. The largest absolute Gasteiger partial charge is 0.490 e. The molecule has 1 N–H and O–H groups in total. The van der Waals surface area contributed by atoms with Crippen molar-refractivity contribution in [3.05, 3.63) is 89.3 Å². The van der Waals surface area contributed by atoms with Gasteiger partial charge in [0, 0.05) is 15.2 Å². The lowest BCUT2D eigenvalue weighted by atomic mass is 10.1. The van der Waals surface area contributed by atoms with E-state index in [1.54, 1.807) is 30.3 Å². The van der Waals surface area contributed by atoms with E-state index in [2.05, 4.69) is 43.8 Å². The van der Waals surface area contributed by atoms with E-state index in [9.17, 15) is 14.4 Å². The van der Waals surface area contributed by atoms with Gasteiger partial charge in [0.05, 0.1) is 21.6 Å². The fraction of sp³-hybridized carbons (Fsp3) is 0.179. The predicted molar refractivity (Wildman–Crippen MR) is 166 cm³/mol. The molecular weight excluding hydrogens is 719 g/mol. The van der Waals surface area contributed by atoms with Crippen molar-refractivity contribution >= 4 is 90.7 Å². The van der Waals surface area contributed by atoms with Gasteiger partial charge < -0.3 is 14.8 Å². The number of hydrogen-bond donors (Lipinski definition) is 1. The zero-order valence-corrected chi connectivity index (χ0v) is 26.2. The Morgan fingerprint density at radius 2 is 1.87 bits per heavy atom. The van der Waals surface area contributed by atoms with Crippen LogP contribution in [0.25, 0.3) is 6.08 Å². The van der Waals surface area contributed by atoms with Gasteiger partial charge in [-0.25, -0.2) is 0 Å². The molecule has 1 aliphatic heterocycles. The fourth-order valence-corrected chi connectivity index (χ4v) is 5.70. The number of hydrogen-bond acceptors (Lipinski definition) is 6. The summed E-state index contributed by atoms with van der Waals surface area (Å²) in [6, 6.07) is 16.3. The molecule has 0 spiro atoms. The Morgan fingerprint density at radius 1 is 1.13 bits per heavy atom. The zero-order chi connectivity index (χ0) is 28.1. The summed E-state index contributed by atoms with van der Waals surface area (Å²) >= 11 is 12.5. The molecule has 3 aromatic carbocycles. The van der Waals surface area contributed by atoms with Crippen molar-refractivity contribution in [2.45, 2.75) is 20.4 Å². The lowest BCUT2D eigenvalue weighted by Gasteiger charge is -2.15. The summed E-state index contributed by atoms with van der Waals surface area (Å²) in [4.78, 5) is 39.6. The second-order valence-electron chi connectivity index (χ2n) is 8.46. The lowest BCUT2D eigenvalue weighted by molar-refractivity contribution is -0.123. The van der Waals surface area contributed by atoms with Crippen LogP contribution in [0.1, 0.15) is 23.6 Å². The molecule has 0 aromatic heterocycles. The summed E-state index contributed by atoms with van der Waals surface area (Å²) in [7, 11) is 0. The van der Waals surface area contributed by atoms with Crippen LogP contribution in [0.4, 0.5) is 10.5 Å². The Hall–Kier alpha value is -2.54. The smallest absolute Gasteiger partial charge is 0.293 e. The van der Waals surface area contributed by atoms with E-state index in [0.717, 1.165) is 27.4 Å². The monoisotopic (exact) mass is 740 g/mol. The van der Waals surface area contributed by atoms with Crippen LogP contribution in [-0.2, 0) is 16.1 Å². The Morgan fingerprint density at radius 3 is 2.56 bits per heavy atom. The van der Waals surface area contributed by atoms with Crippen LogP contribution < -0.4 is 14.8 Å². The first-order valence-corrected chi connectivity index (χ1v) is 14.9. The van der Waals surface area contributed by atoms with Crippen molar-refractivity contribution in [2.24, 2.45) is 0 Å². The summed E-state index contributed by atoms with van der Waals surface area (Å²) in [5.41, 5.74) is 3.01. The SMILES string of the molecule is CCOc1cc(/C=C2\SC(=O)N(Cc3ccc(Br)cc3)C2=O)cc(I)c1OCC(=O)Nc1ccc(C)c(Cl)c1. The molecule has 1 aliphatic rings. The van der Waals surface area contributed by atoms with Gasteiger partial charge in [0.2, 0.25) is 0 Å². The zero-order valence-electron chi connectivity index (χ0n) is 20.9. The Labute approximate surface area is 257 Å². The van der Waals surface area contributed by atoms with E-state index in [-0.39, 0.29) is 30.2 Å². The molecule has 3 aromatic rings. The maximum atomic E-state index is 13.0. The number of nitrogens with zero attached hydrogens (tertiary/aromatic N) is 1. The van der Waals surface area contributed by atoms with Crippen molar-refractivity contribution in [3.63, 3.8) is 0 Å². The Bertz CT molecular complexity index is 1470. The van der Waals surface area contributed by atoms with Crippen LogP contribution in [0.3, 0.4) is 0 Å². The molecule has 39 heavy (non-hydrogen) atoms. The van der Waals surface area contributed by atoms with Crippen molar-refractivity contribution in [2.75, 3.05) is 18.5 Å². The minimum absolute atomic E-state index is 0.195. The van der Waals surface area contributed by atoms with E-state index in [0.29, 0.717) is 42.9 Å². The molecule has 1 saturated heterocycles. The van der Waals surface area contributed by atoms with Crippen LogP contribution >= 0.6 is 61.9 Å². The van der Waals surface area contributed by atoms with Gasteiger partial charge in [-0.15, -0.1) is 0 Å². The molecule has 0 atom stereocenters. The minimum atomic E-state index is -0.353. The maximum absolute atomic E-state index is 13.0. The maximum Gasteiger partial charge on any atom is 0.293 e. The molecular formula is C28H23BrClIN2O5S. The molecule has 0 unspecified atom stereocenters. The topological polar surface area (TPSA) is 84.9 Å². The van der Waals surface area contributed by atoms with Crippen molar-refractivity contribution in [1.29, 1.82) is 0 Å². The number of anilines is 1. The van der Waals surface area contributed by atoms with E-state index in [1.165, 1.54) is 4.90 Å². The average molecular weight is 742 g/mol. The summed E-state index contributed by atoms with van der Waals surface area (Å²) in [5, 5.41) is 3.00. The lowest BCUT2D eigenvalue weighted by Crippen LogP contribution is -2.27.